The molecule has 0 heterocycles. The van der Waals surface area contributed by atoms with Crippen molar-refractivity contribution in [2.24, 2.45) is 5.73 Å². The summed E-state index contributed by atoms with van der Waals surface area (Å²) in [5, 5.41) is 10.7. The number of ether oxygens (including phenoxy) is 2. The summed E-state index contributed by atoms with van der Waals surface area (Å²) < 4.78 is 10.8. The van der Waals surface area contributed by atoms with Gasteiger partial charge in [-0.25, -0.2) is 4.79 Å². The molecule has 0 aliphatic heterocycles. The number of carbonyl (C=O) groups excluding carboxylic acids is 1. The van der Waals surface area contributed by atoms with Crippen molar-refractivity contribution in [1.29, 1.82) is 0 Å². The zero-order chi connectivity index (χ0) is 21.4. The highest BCUT2D eigenvalue weighted by Gasteiger charge is 2.26. The smallest absolute Gasteiger partial charge is 0.410 e. The molecular weight excluding hydrogens is 368 g/mol. The van der Waals surface area contributed by atoms with E-state index in [0.29, 0.717) is 12.2 Å². The van der Waals surface area contributed by atoms with Crippen LogP contribution in [0.4, 0.5) is 4.79 Å². The second-order valence-corrected chi connectivity index (χ2v) is 8.13. The van der Waals surface area contributed by atoms with Gasteiger partial charge in [-0.2, -0.15) is 0 Å². The molecule has 2 aromatic rings. The van der Waals surface area contributed by atoms with Crippen LogP contribution in [-0.2, 0) is 17.7 Å². The number of nitrogens with zero attached hydrogens (tertiary/aromatic N) is 1. The molecule has 0 radical (unpaired) electrons. The summed E-state index contributed by atoms with van der Waals surface area (Å²) in [5.74, 6) is 0.702. The first-order valence-corrected chi connectivity index (χ1v) is 9.76. The van der Waals surface area contributed by atoms with Gasteiger partial charge in [-0.15, -0.1) is 0 Å². The number of nitrogens with two attached hydrogens (primary N) is 1. The lowest BCUT2D eigenvalue weighted by molar-refractivity contribution is 0.00994. The van der Waals surface area contributed by atoms with Gasteiger partial charge >= 0.3 is 6.09 Å². The van der Waals surface area contributed by atoms with Gasteiger partial charge < -0.3 is 25.2 Å². The second kappa shape index (κ2) is 10.3. The van der Waals surface area contributed by atoms with E-state index in [9.17, 15) is 9.90 Å². The Morgan fingerprint density at radius 3 is 2.38 bits per heavy atom. The third-order valence-electron chi connectivity index (χ3n) is 4.38. The minimum Gasteiger partial charge on any atom is -0.497 e. The maximum absolute atomic E-state index is 12.8. The third-order valence-corrected chi connectivity index (χ3v) is 4.38. The lowest BCUT2D eigenvalue weighted by Crippen LogP contribution is -2.47. The van der Waals surface area contributed by atoms with E-state index >= 15 is 0 Å². The maximum atomic E-state index is 12.8. The molecule has 0 saturated carbocycles. The molecule has 2 rings (SSSR count). The largest absolute Gasteiger partial charge is 0.497 e. The average molecular weight is 401 g/mol. The van der Waals surface area contributed by atoms with Crippen molar-refractivity contribution in [3.05, 3.63) is 65.7 Å². The number of methoxy groups -OCH3 is 1. The summed E-state index contributed by atoms with van der Waals surface area (Å²) in [5.41, 5.74) is 7.49. The van der Waals surface area contributed by atoms with Crippen LogP contribution in [-0.4, -0.2) is 47.5 Å². The van der Waals surface area contributed by atoms with E-state index in [1.165, 1.54) is 4.90 Å². The summed E-state index contributed by atoms with van der Waals surface area (Å²) in [6, 6.07) is 16.7. The van der Waals surface area contributed by atoms with E-state index in [0.717, 1.165) is 11.1 Å². The van der Waals surface area contributed by atoms with Gasteiger partial charge in [-0.3, -0.25) is 0 Å². The Hall–Kier alpha value is -2.57. The fourth-order valence-electron chi connectivity index (χ4n) is 2.90. The Morgan fingerprint density at radius 1 is 1.10 bits per heavy atom. The molecule has 0 spiro atoms. The Bertz CT molecular complexity index is 774. The molecule has 0 aliphatic rings. The van der Waals surface area contributed by atoms with Crippen molar-refractivity contribution in [3.8, 4) is 5.75 Å². The van der Waals surface area contributed by atoms with Crippen molar-refractivity contribution in [1.82, 2.24) is 4.90 Å². The van der Waals surface area contributed by atoms with Gasteiger partial charge in [-0.1, -0.05) is 42.5 Å². The first kappa shape index (κ1) is 22.7. The highest BCUT2D eigenvalue weighted by atomic mass is 16.6. The van der Waals surface area contributed by atoms with E-state index in [1.807, 2.05) is 75.4 Å². The minimum atomic E-state index is -0.895. The van der Waals surface area contributed by atoms with Crippen molar-refractivity contribution < 1.29 is 19.4 Å². The van der Waals surface area contributed by atoms with Gasteiger partial charge in [0.2, 0.25) is 0 Å². The third kappa shape index (κ3) is 7.75. The molecule has 158 valence electrons. The van der Waals surface area contributed by atoms with Crippen molar-refractivity contribution in [3.63, 3.8) is 0 Å². The molecule has 0 aliphatic carbocycles. The van der Waals surface area contributed by atoms with E-state index < -0.39 is 23.8 Å². The van der Waals surface area contributed by atoms with Crippen LogP contribution in [0.1, 0.15) is 31.9 Å². The lowest BCUT2D eigenvalue weighted by atomic mass is 10.0. The molecule has 0 fully saturated rings. The Morgan fingerprint density at radius 2 is 1.76 bits per heavy atom. The minimum absolute atomic E-state index is 0.0696. The zero-order valence-electron chi connectivity index (χ0n) is 17.7. The van der Waals surface area contributed by atoms with Crippen LogP contribution < -0.4 is 10.5 Å². The standard InChI is InChI=1S/C23H32N2O4/c1-23(2,3)29-22(27)25(15-18-11-8-12-19(13-18)28-4)16-21(26)20(24)14-17-9-6-5-7-10-17/h5-13,20-21,26H,14-16,24H2,1-4H3/t20-,21?/m0/s1. The lowest BCUT2D eigenvalue weighted by Gasteiger charge is -2.30. The number of benzene rings is 2. The van der Waals surface area contributed by atoms with Crippen LogP contribution in [0.25, 0.3) is 0 Å². The molecule has 29 heavy (non-hydrogen) atoms. The summed E-state index contributed by atoms with van der Waals surface area (Å²) in [6.45, 7) is 5.78. The summed E-state index contributed by atoms with van der Waals surface area (Å²) in [4.78, 5) is 14.2. The molecule has 0 saturated heterocycles. The summed E-state index contributed by atoms with van der Waals surface area (Å²) in [7, 11) is 1.59. The number of aliphatic hydroxyl groups excluding tert-OH is 1. The van der Waals surface area contributed by atoms with Gasteiger partial charge in [0.15, 0.2) is 0 Å². The number of carbonyl (C=O) groups is 1. The van der Waals surface area contributed by atoms with E-state index in [-0.39, 0.29) is 13.1 Å². The van der Waals surface area contributed by atoms with Crippen LogP contribution in [0.3, 0.4) is 0 Å². The quantitative estimate of drug-likeness (QED) is 0.710. The number of aliphatic hydroxyl groups is 1. The molecule has 0 aromatic heterocycles. The monoisotopic (exact) mass is 400 g/mol. The molecular formula is C23H32N2O4. The highest BCUT2D eigenvalue weighted by Crippen LogP contribution is 2.18. The first-order valence-electron chi connectivity index (χ1n) is 9.76. The molecule has 1 unspecified atom stereocenters. The Kier molecular flexibility index (Phi) is 8.05. The second-order valence-electron chi connectivity index (χ2n) is 8.13. The van der Waals surface area contributed by atoms with Crippen molar-refractivity contribution in [2.45, 2.75) is 51.5 Å². The van der Waals surface area contributed by atoms with Gasteiger partial charge in [0.25, 0.3) is 0 Å². The number of hydrogen-bond acceptors (Lipinski definition) is 5. The SMILES string of the molecule is COc1cccc(CN(CC(O)[C@@H](N)Cc2ccccc2)C(=O)OC(C)(C)C)c1. The molecule has 3 N–H and O–H groups in total. The van der Waals surface area contributed by atoms with Crippen molar-refractivity contribution >= 4 is 6.09 Å². The highest BCUT2D eigenvalue weighted by molar-refractivity contribution is 5.68. The normalized spacial score (nSPS) is 13.4. The van der Waals surface area contributed by atoms with Crippen LogP contribution in [0.5, 0.6) is 5.75 Å². The van der Waals surface area contributed by atoms with Crippen molar-refractivity contribution in [2.75, 3.05) is 13.7 Å². The van der Waals surface area contributed by atoms with Crippen LogP contribution in [0, 0.1) is 0 Å². The van der Waals surface area contributed by atoms with Crippen LogP contribution in [0.15, 0.2) is 54.6 Å². The first-order chi connectivity index (χ1) is 13.7. The van der Waals surface area contributed by atoms with Gasteiger partial charge in [0, 0.05) is 12.6 Å². The maximum Gasteiger partial charge on any atom is 0.410 e. The van der Waals surface area contributed by atoms with Crippen LogP contribution >= 0.6 is 0 Å². The zero-order valence-corrected chi connectivity index (χ0v) is 17.7. The summed E-state index contributed by atoms with van der Waals surface area (Å²) >= 11 is 0. The Balaban J connectivity index is 2.11. The molecule has 6 nitrogen and oxygen atoms in total. The van der Waals surface area contributed by atoms with Crippen LogP contribution in [0.2, 0.25) is 0 Å². The Labute approximate surface area is 173 Å². The molecule has 0 bridgehead atoms. The van der Waals surface area contributed by atoms with E-state index in [2.05, 4.69) is 0 Å². The molecule has 1 amide bonds. The topological polar surface area (TPSA) is 85.0 Å². The van der Waals surface area contributed by atoms with E-state index in [1.54, 1.807) is 7.11 Å². The van der Waals surface area contributed by atoms with E-state index in [4.69, 9.17) is 15.2 Å². The van der Waals surface area contributed by atoms with Gasteiger partial charge in [0.1, 0.15) is 11.4 Å². The molecule has 6 heteroatoms. The fraction of sp³-hybridized carbons (Fsp3) is 0.435. The summed E-state index contributed by atoms with van der Waals surface area (Å²) in [6.07, 6.45) is -0.872. The fourth-order valence-corrected chi connectivity index (χ4v) is 2.90. The predicted octanol–water partition coefficient (Wildman–Crippen LogP) is 3.36. The number of amides is 1. The number of rotatable bonds is 8. The predicted molar refractivity (Wildman–Crippen MR) is 114 cm³/mol. The van der Waals surface area contributed by atoms with Gasteiger partial charge in [0.05, 0.1) is 19.8 Å². The molecule has 2 aromatic carbocycles. The molecule has 2 atom stereocenters. The average Bonchev–Trinajstić information content (AvgIpc) is 2.67. The van der Waals surface area contributed by atoms with Gasteiger partial charge in [-0.05, 0) is 50.5 Å². The number of hydrogen-bond donors (Lipinski definition) is 2.